The number of aromatic carboxylic acids is 1. The molecule has 0 bridgehead atoms. The molecule has 1 aliphatic carbocycles. The van der Waals surface area contributed by atoms with E-state index < -0.39 is 27.2 Å². The summed E-state index contributed by atoms with van der Waals surface area (Å²) in [4.78, 5) is 10.7. The van der Waals surface area contributed by atoms with Gasteiger partial charge in [0.2, 0.25) is 10.0 Å². The molecule has 0 unspecified atom stereocenters. The van der Waals surface area contributed by atoms with Crippen LogP contribution in [0.5, 0.6) is 0 Å². The van der Waals surface area contributed by atoms with Crippen LogP contribution in [0.1, 0.15) is 42.4 Å². The summed E-state index contributed by atoms with van der Waals surface area (Å²) in [6, 6.07) is 0. The van der Waals surface area contributed by atoms with Gasteiger partial charge >= 0.3 is 5.97 Å². The summed E-state index contributed by atoms with van der Waals surface area (Å²) >= 11 is 0. The number of carboxylic acids is 1. The lowest BCUT2D eigenvalue weighted by Crippen LogP contribution is -2.51. The van der Waals surface area contributed by atoms with Crippen LogP contribution in [0.25, 0.3) is 0 Å². The minimum absolute atomic E-state index is 0.225. The van der Waals surface area contributed by atoms with Crippen molar-refractivity contribution in [1.82, 2.24) is 14.9 Å². The van der Waals surface area contributed by atoms with Crippen molar-refractivity contribution in [1.29, 1.82) is 0 Å². The SMILES string of the molecule is Cc1[nH]nc(C(=O)O)c1S(=O)(=O)NC1(C)CCC1. The van der Waals surface area contributed by atoms with Crippen molar-refractivity contribution in [2.45, 2.75) is 43.5 Å². The molecule has 100 valence electrons. The van der Waals surface area contributed by atoms with Crippen LogP contribution in [0, 0.1) is 6.92 Å². The van der Waals surface area contributed by atoms with Crippen LogP contribution in [-0.4, -0.2) is 35.2 Å². The van der Waals surface area contributed by atoms with Gasteiger partial charge in [-0.15, -0.1) is 0 Å². The predicted molar refractivity (Wildman–Crippen MR) is 62.9 cm³/mol. The summed E-state index contributed by atoms with van der Waals surface area (Å²) in [5, 5.41) is 14.8. The molecule has 0 saturated heterocycles. The van der Waals surface area contributed by atoms with Gasteiger partial charge < -0.3 is 5.11 Å². The van der Waals surface area contributed by atoms with Crippen LogP contribution >= 0.6 is 0 Å². The predicted octanol–water partition coefficient (Wildman–Crippen LogP) is 0.637. The number of hydrogen-bond donors (Lipinski definition) is 3. The summed E-state index contributed by atoms with van der Waals surface area (Å²) < 4.78 is 27.0. The Morgan fingerprint density at radius 1 is 1.50 bits per heavy atom. The van der Waals surface area contributed by atoms with E-state index in [0.29, 0.717) is 0 Å². The van der Waals surface area contributed by atoms with Crippen LogP contribution in [0.2, 0.25) is 0 Å². The largest absolute Gasteiger partial charge is 0.476 e. The van der Waals surface area contributed by atoms with Crippen molar-refractivity contribution in [2.75, 3.05) is 0 Å². The second-order valence-electron chi connectivity index (χ2n) is 4.85. The highest BCUT2D eigenvalue weighted by molar-refractivity contribution is 7.89. The zero-order chi connectivity index (χ0) is 13.6. The molecular formula is C10H15N3O4S. The van der Waals surface area contributed by atoms with Gasteiger partial charge in [0.1, 0.15) is 4.90 Å². The smallest absolute Gasteiger partial charge is 0.357 e. The van der Waals surface area contributed by atoms with Crippen LogP contribution < -0.4 is 4.72 Å². The molecule has 1 saturated carbocycles. The van der Waals surface area contributed by atoms with Gasteiger partial charge in [0.05, 0.1) is 5.69 Å². The Morgan fingerprint density at radius 2 is 2.11 bits per heavy atom. The van der Waals surface area contributed by atoms with Crippen molar-refractivity contribution in [3.63, 3.8) is 0 Å². The molecule has 0 atom stereocenters. The fourth-order valence-corrected chi connectivity index (χ4v) is 3.87. The third-order valence-corrected chi connectivity index (χ3v) is 5.00. The van der Waals surface area contributed by atoms with Crippen molar-refractivity contribution in [3.8, 4) is 0 Å². The maximum Gasteiger partial charge on any atom is 0.357 e. The normalized spacial score (nSPS) is 18.3. The van der Waals surface area contributed by atoms with E-state index in [-0.39, 0.29) is 10.6 Å². The monoisotopic (exact) mass is 273 g/mol. The van der Waals surface area contributed by atoms with Crippen molar-refractivity contribution in [3.05, 3.63) is 11.4 Å². The summed E-state index contributed by atoms with van der Waals surface area (Å²) in [5.41, 5.74) is -0.719. The molecule has 0 aromatic carbocycles. The molecule has 1 aliphatic rings. The average Bonchev–Trinajstić information content (AvgIpc) is 2.58. The van der Waals surface area contributed by atoms with Crippen LogP contribution in [0.4, 0.5) is 0 Å². The van der Waals surface area contributed by atoms with Gasteiger partial charge in [0.15, 0.2) is 5.69 Å². The Labute approximate surface area is 105 Å². The Bertz CT molecular complexity index is 586. The standard InChI is InChI=1S/C10H15N3O4S/c1-6-8(7(9(14)15)12-11-6)18(16,17)13-10(2)4-3-5-10/h13H,3-5H2,1-2H3,(H,11,12)(H,14,15). The lowest BCUT2D eigenvalue weighted by Gasteiger charge is -2.38. The summed E-state index contributed by atoms with van der Waals surface area (Å²) in [7, 11) is -3.87. The molecule has 1 aromatic heterocycles. The van der Waals surface area contributed by atoms with Crippen LogP contribution in [0.3, 0.4) is 0 Å². The second-order valence-corrected chi connectivity index (χ2v) is 6.47. The van der Waals surface area contributed by atoms with E-state index >= 15 is 0 Å². The molecular weight excluding hydrogens is 258 g/mol. The minimum Gasteiger partial charge on any atom is -0.476 e. The molecule has 1 fully saturated rings. The van der Waals surface area contributed by atoms with Gasteiger partial charge in [-0.05, 0) is 33.1 Å². The number of sulfonamides is 1. The number of hydrogen-bond acceptors (Lipinski definition) is 4. The lowest BCUT2D eigenvalue weighted by molar-refractivity contribution is 0.0686. The summed E-state index contributed by atoms with van der Waals surface area (Å²) in [6.45, 7) is 3.29. The van der Waals surface area contributed by atoms with Crippen molar-refractivity contribution in [2.24, 2.45) is 0 Å². The average molecular weight is 273 g/mol. The van der Waals surface area contributed by atoms with E-state index in [2.05, 4.69) is 14.9 Å². The Kier molecular flexibility index (Phi) is 2.94. The lowest BCUT2D eigenvalue weighted by atomic mass is 9.80. The third-order valence-electron chi connectivity index (χ3n) is 3.20. The molecule has 7 nitrogen and oxygen atoms in total. The fraction of sp³-hybridized carbons (Fsp3) is 0.600. The van der Waals surface area contributed by atoms with E-state index in [9.17, 15) is 13.2 Å². The number of carboxylic acid groups (broad SMARTS) is 1. The van der Waals surface area contributed by atoms with E-state index in [1.54, 1.807) is 0 Å². The number of aryl methyl sites for hydroxylation is 1. The molecule has 2 rings (SSSR count). The first-order valence-corrected chi connectivity index (χ1v) is 7.06. The Morgan fingerprint density at radius 3 is 2.56 bits per heavy atom. The molecule has 8 heteroatoms. The Hall–Kier alpha value is -1.41. The van der Waals surface area contributed by atoms with Gasteiger partial charge in [-0.3, -0.25) is 5.10 Å². The fourth-order valence-electron chi connectivity index (χ4n) is 2.08. The zero-order valence-electron chi connectivity index (χ0n) is 10.1. The minimum atomic E-state index is -3.87. The number of nitrogens with one attached hydrogen (secondary N) is 2. The van der Waals surface area contributed by atoms with E-state index in [1.807, 2.05) is 6.92 Å². The molecule has 0 spiro atoms. The summed E-state index contributed by atoms with van der Waals surface area (Å²) in [6.07, 6.45) is 2.48. The van der Waals surface area contributed by atoms with Gasteiger partial charge in [0, 0.05) is 5.54 Å². The first kappa shape index (κ1) is 13.0. The highest BCUT2D eigenvalue weighted by Gasteiger charge is 2.38. The zero-order valence-corrected chi connectivity index (χ0v) is 11.0. The van der Waals surface area contributed by atoms with Gasteiger partial charge in [-0.2, -0.15) is 5.10 Å². The van der Waals surface area contributed by atoms with Crippen LogP contribution in [0.15, 0.2) is 4.90 Å². The first-order chi connectivity index (χ1) is 8.25. The number of carbonyl (C=O) groups is 1. The maximum absolute atomic E-state index is 12.2. The van der Waals surface area contributed by atoms with E-state index in [4.69, 9.17) is 5.11 Å². The van der Waals surface area contributed by atoms with E-state index in [1.165, 1.54) is 6.92 Å². The number of nitrogens with zero attached hydrogens (tertiary/aromatic N) is 1. The molecule has 3 N–H and O–H groups in total. The van der Waals surface area contributed by atoms with E-state index in [0.717, 1.165) is 19.3 Å². The molecule has 1 aromatic rings. The molecule has 0 amide bonds. The number of H-pyrrole nitrogens is 1. The third kappa shape index (κ3) is 2.13. The number of aromatic nitrogens is 2. The molecule has 0 aliphatic heterocycles. The quantitative estimate of drug-likeness (QED) is 0.745. The highest BCUT2D eigenvalue weighted by atomic mass is 32.2. The van der Waals surface area contributed by atoms with Gasteiger partial charge in [-0.25, -0.2) is 17.9 Å². The van der Waals surface area contributed by atoms with Crippen molar-refractivity contribution < 1.29 is 18.3 Å². The summed E-state index contributed by atoms with van der Waals surface area (Å²) in [5.74, 6) is -1.36. The molecule has 18 heavy (non-hydrogen) atoms. The maximum atomic E-state index is 12.2. The van der Waals surface area contributed by atoms with Crippen LogP contribution in [-0.2, 0) is 10.0 Å². The van der Waals surface area contributed by atoms with Gasteiger partial charge in [-0.1, -0.05) is 0 Å². The van der Waals surface area contributed by atoms with Gasteiger partial charge in [0.25, 0.3) is 0 Å². The molecule has 1 heterocycles. The van der Waals surface area contributed by atoms with Crippen molar-refractivity contribution >= 4 is 16.0 Å². The number of rotatable bonds is 4. The second kappa shape index (κ2) is 4.06. The topological polar surface area (TPSA) is 112 Å². The Balaban J connectivity index is 2.41. The first-order valence-electron chi connectivity index (χ1n) is 5.57. The molecule has 0 radical (unpaired) electrons. The highest BCUT2D eigenvalue weighted by Crippen LogP contribution is 2.33. The number of aromatic amines is 1.